The summed E-state index contributed by atoms with van der Waals surface area (Å²) < 4.78 is 2.68. The van der Waals surface area contributed by atoms with Crippen LogP contribution in [0.1, 0.15) is 0 Å². The average molecular weight is 235 g/mol. The summed E-state index contributed by atoms with van der Waals surface area (Å²) in [5.74, 6) is 0. The maximum atomic E-state index is 3.98. The van der Waals surface area contributed by atoms with Crippen molar-refractivity contribution in [2.75, 3.05) is 0 Å². The van der Waals surface area contributed by atoms with Crippen LogP contribution in [-0.2, 0) is 0 Å². The molecule has 2 aromatic heterocycles. The molecule has 0 saturated carbocycles. The summed E-state index contributed by atoms with van der Waals surface area (Å²) in [5, 5.41) is 0. The van der Waals surface area contributed by atoms with E-state index in [4.69, 9.17) is 0 Å². The van der Waals surface area contributed by atoms with Gasteiger partial charge in [-0.25, -0.2) is 0 Å². The molecule has 0 bridgehead atoms. The molecule has 64 valence electrons. The maximum absolute atomic E-state index is 3.98. The Morgan fingerprint density at radius 1 is 0.692 bits per heavy atom. The molecule has 0 aliphatic carbocycles. The second-order valence-electron chi connectivity index (χ2n) is 2.47. The summed E-state index contributed by atoms with van der Waals surface area (Å²) in [4.78, 5) is 7.97. The van der Waals surface area contributed by atoms with Crippen molar-refractivity contribution in [3.63, 3.8) is 0 Å². The van der Waals surface area contributed by atoms with Gasteiger partial charge in [-0.05, 0) is 0 Å². The predicted molar refractivity (Wildman–Crippen MR) is 53.5 cm³/mol. The Bertz CT molecular complexity index is 324. The van der Waals surface area contributed by atoms with E-state index < -0.39 is 0 Å². The molecule has 0 N–H and O–H groups in total. The number of hydrogen-bond donors (Lipinski definition) is 0. The Hall–Kier alpha value is -1.18. The molecule has 0 amide bonds. The Kier molecular flexibility index (Phi) is 2.70. The molecule has 2 nitrogen and oxygen atoms in total. The molecule has 0 radical (unpaired) electrons. The summed E-state index contributed by atoms with van der Waals surface area (Å²) >= 11 is 0.381. The van der Waals surface area contributed by atoms with E-state index in [1.807, 2.05) is 24.8 Å². The standard InChI is InChI=1S/C10H8N2Se/c1-5-11-6-2-9(1)13-10-3-7-12-8-4-10/h1-8H. The SMILES string of the molecule is c1cc([Se]c2ccncc2)ccn1. The Balaban J connectivity index is 2.16. The van der Waals surface area contributed by atoms with Crippen LogP contribution in [0.15, 0.2) is 49.1 Å². The monoisotopic (exact) mass is 236 g/mol. The summed E-state index contributed by atoms with van der Waals surface area (Å²) in [5.41, 5.74) is 0. The van der Waals surface area contributed by atoms with Crippen molar-refractivity contribution in [1.29, 1.82) is 0 Å². The number of rotatable bonds is 2. The zero-order valence-corrected chi connectivity index (χ0v) is 8.63. The molecular formula is C10H8N2Se. The fourth-order valence-electron chi connectivity index (χ4n) is 0.949. The van der Waals surface area contributed by atoms with Crippen LogP contribution in [-0.4, -0.2) is 24.9 Å². The van der Waals surface area contributed by atoms with Gasteiger partial charge < -0.3 is 0 Å². The van der Waals surface area contributed by atoms with Gasteiger partial charge >= 0.3 is 82.9 Å². The molecule has 2 rings (SSSR count). The summed E-state index contributed by atoms with van der Waals surface area (Å²) in [6.45, 7) is 0. The minimum atomic E-state index is 0.381. The van der Waals surface area contributed by atoms with Crippen molar-refractivity contribution < 1.29 is 0 Å². The van der Waals surface area contributed by atoms with Crippen LogP contribution in [0.4, 0.5) is 0 Å². The Morgan fingerprint density at radius 3 is 1.46 bits per heavy atom. The van der Waals surface area contributed by atoms with Gasteiger partial charge in [0.25, 0.3) is 0 Å². The first-order valence-corrected chi connectivity index (χ1v) is 5.64. The second-order valence-corrected chi connectivity index (χ2v) is 4.87. The fourth-order valence-corrected chi connectivity index (χ4v) is 2.60. The van der Waals surface area contributed by atoms with Crippen LogP contribution >= 0.6 is 0 Å². The average Bonchev–Trinajstić information content (AvgIpc) is 2.21. The molecule has 0 fully saturated rings. The van der Waals surface area contributed by atoms with Gasteiger partial charge in [-0.15, -0.1) is 0 Å². The van der Waals surface area contributed by atoms with E-state index in [-0.39, 0.29) is 0 Å². The van der Waals surface area contributed by atoms with Crippen molar-refractivity contribution in [2.24, 2.45) is 0 Å². The van der Waals surface area contributed by atoms with E-state index in [0.29, 0.717) is 15.0 Å². The van der Waals surface area contributed by atoms with Gasteiger partial charge in [0.05, 0.1) is 0 Å². The van der Waals surface area contributed by atoms with Gasteiger partial charge in [0.1, 0.15) is 0 Å². The molecule has 0 unspecified atom stereocenters. The van der Waals surface area contributed by atoms with Gasteiger partial charge in [0.15, 0.2) is 0 Å². The summed E-state index contributed by atoms with van der Waals surface area (Å²) in [7, 11) is 0. The molecule has 0 aromatic carbocycles. The van der Waals surface area contributed by atoms with Gasteiger partial charge in [0.2, 0.25) is 0 Å². The number of pyridine rings is 2. The molecule has 0 saturated heterocycles. The summed E-state index contributed by atoms with van der Waals surface area (Å²) in [6.07, 6.45) is 7.33. The van der Waals surface area contributed by atoms with E-state index in [2.05, 4.69) is 34.2 Å². The van der Waals surface area contributed by atoms with Crippen molar-refractivity contribution in [3.8, 4) is 0 Å². The molecule has 0 aliphatic rings. The van der Waals surface area contributed by atoms with Crippen molar-refractivity contribution in [3.05, 3.63) is 49.1 Å². The summed E-state index contributed by atoms with van der Waals surface area (Å²) in [6, 6.07) is 8.22. The van der Waals surface area contributed by atoms with Crippen LogP contribution in [0.2, 0.25) is 0 Å². The van der Waals surface area contributed by atoms with E-state index in [9.17, 15) is 0 Å². The second kappa shape index (κ2) is 4.17. The zero-order chi connectivity index (χ0) is 8.93. The first kappa shape index (κ1) is 8.42. The third-order valence-electron chi connectivity index (χ3n) is 1.54. The number of aromatic nitrogens is 2. The van der Waals surface area contributed by atoms with Crippen molar-refractivity contribution in [1.82, 2.24) is 9.97 Å². The van der Waals surface area contributed by atoms with E-state index >= 15 is 0 Å². The third kappa shape index (κ3) is 2.38. The van der Waals surface area contributed by atoms with Crippen LogP contribution in [0.3, 0.4) is 0 Å². The van der Waals surface area contributed by atoms with Crippen LogP contribution < -0.4 is 8.92 Å². The van der Waals surface area contributed by atoms with Crippen LogP contribution in [0.5, 0.6) is 0 Å². The molecule has 0 atom stereocenters. The normalized spacial score (nSPS) is 9.85. The van der Waals surface area contributed by atoms with Gasteiger partial charge in [-0.1, -0.05) is 0 Å². The molecule has 0 spiro atoms. The molecule has 13 heavy (non-hydrogen) atoms. The zero-order valence-electron chi connectivity index (χ0n) is 6.92. The van der Waals surface area contributed by atoms with Crippen molar-refractivity contribution >= 4 is 23.9 Å². The van der Waals surface area contributed by atoms with E-state index in [0.717, 1.165) is 0 Å². The predicted octanol–water partition coefficient (Wildman–Crippen LogP) is 0.132. The number of nitrogens with zero attached hydrogens (tertiary/aromatic N) is 2. The van der Waals surface area contributed by atoms with Crippen molar-refractivity contribution in [2.45, 2.75) is 0 Å². The quantitative estimate of drug-likeness (QED) is 0.691. The molecule has 3 heteroatoms. The van der Waals surface area contributed by atoms with Crippen LogP contribution in [0.25, 0.3) is 0 Å². The minimum absolute atomic E-state index is 0.381. The third-order valence-corrected chi connectivity index (χ3v) is 3.67. The van der Waals surface area contributed by atoms with Gasteiger partial charge in [0, 0.05) is 0 Å². The first-order valence-electron chi connectivity index (χ1n) is 3.93. The molecular weight excluding hydrogens is 227 g/mol. The van der Waals surface area contributed by atoms with E-state index in [1.54, 1.807) is 0 Å². The topological polar surface area (TPSA) is 25.8 Å². The van der Waals surface area contributed by atoms with Gasteiger partial charge in [-0.2, -0.15) is 0 Å². The van der Waals surface area contributed by atoms with Gasteiger partial charge in [-0.3, -0.25) is 0 Å². The molecule has 2 heterocycles. The molecule has 0 aliphatic heterocycles. The first-order chi connectivity index (χ1) is 6.45. The Labute approximate surface area is 83.2 Å². The molecule has 2 aromatic rings. The van der Waals surface area contributed by atoms with E-state index in [1.165, 1.54) is 8.92 Å². The fraction of sp³-hybridized carbons (Fsp3) is 0. The number of hydrogen-bond acceptors (Lipinski definition) is 2. The van der Waals surface area contributed by atoms with Crippen LogP contribution in [0, 0.1) is 0 Å². The Morgan fingerprint density at radius 2 is 1.08 bits per heavy atom.